The monoisotopic (exact) mass is 276 g/mol. The van der Waals surface area contributed by atoms with Gasteiger partial charge in [-0.15, -0.1) is 0 Å². The van der Waals surface area contributed by atoms with Crippen LogP contribution in [0.1, 0.15) is 17.7 Å². The number of alkyl halides is 2. The zero-order valence-electron chi connectivity index (χ0n) is 7.80. The fraction of sp³-hybridized carbons (Fsp3) is 0.333. The second kappa shape index (κ2) is 5.03. The molecule has 0 N–H and O–H groups in total. The molecular formula is C9H7BrF2N2O. The molecule has 6 heteroatoms. The first kappa shape index (κ1) is 11.9. The quantitative estimate of drug-likeness (QED) is 0.798. The number of methoxy groups -OCH3 is 1. The molecule has 0 amide bonds. The van der Waals surface area contributed by atoms with Crippen molar-refractivity contribution in [2.45, 2.75) is 12.8 Å². The molecule has 0 fully saturated rings. The van der Waals surface area contributed by atoms with Gasteiger partial charge in [-0.2, -0.15) is 5.26 Å². The number of rotatable bonds is 3. The van der Waals surface area contributed by atoms with E-state index in [2.05, 4.69) is 20.9 Å². The SMILES string of the molecule is COc1cc(Br)nc(CC#N)c1C(F)F. The van der Waals surface area contributed by atoms with Crippen LogP contribution in [-0.2, 0) is 6.42 Å². The van der Waals surface area contributed by atoms with Gasteiger partial charge in [0, 0.05) is 6.07 Å². The molecule has 0 atom stereocenters. The molecule has 0 spiro atoms. The zero-order valence-corrected chi connectivity index (χ0v) is 9.38. The summed E-state index contributed by atoms with van der Waals surface area (Å²) in [4.78, 5) is 3.83. The van der Waals surface area contributed by atoms with Crippen LogP contribution in [-0.4, -0.2) is 12.1 Å². The summed E-state index contributed by atoms with van der Waals surface area (Å²) in [5.74, 6) is 0.0390. The number of hydrogen-bond acceptors (Lipinski definition) is 3. The lowest BCUT2D eigenvalue weighted by molar-refractivity contribution is 0.145. The third-order valence-electron chi connectivity index (χ3n) is 1.75. The third-order valence-corrected chi connectivity index (χ3v) is 2.16. The van der Waals surface area contributed by atoms with Crippen LogP contribution in [0.4, 0.5) is 8.78 Å². The van der Waals surface area contributed by atoms with Gasteiger partial charge in [-0.25, -0.2) is 13.8 Å². The highest BCUT2D eigenvalue weighted by molar-refractivity contribution is 9.10. The highest BCUT2D eigenvalue weighted by Gasteiger charge is 2.20. The average Bonchev–Trinajstić information content (AvgIpc) is 2.16. The van der Waals surface area contributed by atoms with Gasteiger partial charge in [0.15, 0.2) is 0 Å². The normalized spacial score (nSPS) is 10.1. The van der Waals surface area contributed by atoms with Gasteiger partial charge in [-0.3, -0.25) is 0 Å². The first-order valence-corrected chi connectivity index (χ1v) is 4.77. The minimum atomic E-state index is -2.70. The van der Waals surface area contributed by atoms with Gasteiger partial charge in [-0.1, -0.05) is 0 Å². The smallest absolute Gasteiger partial charge is 0.269 e. The van der Waals surface area contributed by atoms with Gasteiger partial charge in [0.25, 0.3) is 6.43 Å². The Bertz CT molecular complexity index is 404. The van der Waals surface area contributed by atoms with E-state index in [0.29, 0.717) is 4.60 Å². The van der Waals surface area contributed by atoms with Crippen molar-refractivity contribution in [1.82, 2.24) is 4.98 Å². The Labute approximate surface area is 93.8 Å². The maximum Gasteiger partial charge on any atom is 0.269 e. The van der Waals surface area contributed by atoms with Gasteiger partial charge < -0.3 is 4.74 Å². The molecule has 80 valence electrons. The zero-order chi connectivity index (χ0) is 11.4. The summed E-state index contributed by atoms with van der Waals surface area (Å²) >= 11 is 3.06. The molecule has 0 aliphatic heterocycles. The van der Waals surface area contributed by atoms with Crippen LogP contribution in [0.15, 0.2) is 10.7 Å². The molecular weight excluding hydrogens is 270 g/mol. The van der Waals surface area contributed by atoms with Gasteiger partial charge in [-0.05, 0) is 15.9 Å². The highest BCUT2D eigenvalue weighted by atomic mass is 79.9. The Hall–Kier alpha value is -1.22. The average molecular weight is 277 g/mol. The van der Waals surface area contributed by atoms with E-state index < -0.39 is 6.43 Å². The molecule has 3 nitrogen and oxygen atoms in total. The van der Waals surface area contributed by atoms with E-state index in [9.17, 15) is 8.78 Å². The second-order valence-electron chi connectivity index (χ2n) is 2.64. The molecule has 0 radical (unpaired) electrons. The number of nitrogens with zero attached hydrogens (tertiary/aromatic N) is 2. The number of ether oxygens (including phenoxy) is 1. The van der Waals surface area contributed by atoms with Crippen molar-refractivity contribution in [2.75, 3.05) is 7.11 Å². The lowest BCUT2D eigenvalue weighted by atomic mass is 10.1. The van der Waals surface area contributed by atoms with E-state index in [1.807, 2.05) is 0 Å². The summed E-state index contributed by atoms with van der Waals surface area (Å²) in [6.07, 6.45) is -2.88. The molecule has 1 aromatic rings. The predicted octanol–water partition coefficient (Wildman–Crippen LogP) is 2.86. The second-order valence-corrected chi connectivity index (χ2v) is 3.46. The van der Waals surface area contributed by atoms with E-state index in [0.717, 1.165) is 0 Å². The van der Waals surface area contributed by atoms with E-state index in [1.54, 1.807) is 6.07 Å². The lowest BCUT2D eigenvalue weighted by Gasteiger charge is -2.11. The van der Waals surface area contributed by atoms with Crippen LogP contribution in [0.5, 0.6) is 5.75 Å². The van der Waals surface area contributed by atoms with Crippen LogP contribution < -0.4 is 4.74 Å². The number of aromatic nitrogens is 1. The summed E-state index contributed by atoms with van der Waals surface area (Å²) in [5.41, 5.74) is -0.277. The maximum absolute atomic E-state index is 12.7. The molecule has 0 unspecified atom stereocenters. The minimum absolute atomic E-state index is 0.0390. The summed E-state index contributed by atoms with van der Waals surface area (Å²) in [6, 6.07) is 3.14. The first-order valence-electron chi connectivity index (χ1n) is 3.98. The van der Waals surface area contributed by atoms with Crippen LogP contribution >= 0.6 is 15.9 Å². The molecule has 0 aliphatic rings. The van der Waals surface area contributed by atoms with Gasteiger partial charge in [0.1, 0.15) is 10.4 Å². The van der Waals surface area contributed by atoms with Crippen molar-refractivity contribution in [2.24, 2.45) is 0 Å². The topological polar surface area (TPSA) is 45.9 Å². The van der Waals surface area contributed by atoms with Crippen molar-refractivity contribution in [1.29, 1.82) is 5.26 Å². The minimum Gasteiger partial charge on any atom is -0.496 e. The van der Waals surface area contributed by atoms with Gasteiger partial charge in [0.05, 0.1) is 30.9 Å². The Kier molecular flexibility index (Phi) is 3.97. The predicted molar refractivity (Wildman–Crippen MR) is 52.8 cm³/mol. The summed E-state index contributed by atoms with van der Waals surface area (Å²) < 4.78 is 30.6. The number of hydrogen-bond donors (Lipinski definition) is 0. The molecule has 1 rings (SSSR count). The number of halogens is 3. The lowest BCUT2D eigenvalue weighted by Crippen LogP contribution is -2.02. The molecule has 0 saturated carbocycles. The molecule has 15 heavy (non-hydrogen) atoms. The Morgan fingerprint density at radius 1 is 1.67 bits per heavy atom. The van der Waals surface area contributed by atoms with Crippen LogP contribution in [0, 0.1) is 11.3 Å². The number of pyridine rings is 1. The Morgan fingerprint density at radius 3 is 2.80 bits per heavy atom. The van der Waals surface area contributed by atoms with Crippen molar-refractivity contribution in [3.63, 3.8) is 0 Å². The fourth-order valence-electron chi connectivity index (χ4n) is 1.16. The van der Waals surface area contributed by atoms with Crippen LogP contribution in [0.25, 0.3) is 0 Å². The summed E-state index contributed by atoms with van der Waals surface area (Å²) in [7, 11) is 1.30. The van der Waals surface area contributed by atoms with E-state index in [4.69, 9.17) is 10.00 Å². The van der Waals surface area contributed by atoms with Crippen molar-refractivity contribution in [3.05, 3.63) is 21.9 Å². The molecule has 1 heterocycles. The largest absolute Gasteiger partial charge is 0.496 e. The standard InChI is InChI=1S/C9H7BrF2N2O/c1-15-6-4-7(10)14-5(2-3-13)8(6)9(11)12/h4,9H,2H2,1H3. The Morgan fingerprint density at radius 2 is 2.33 bits per heavy atom. The fourth-order valence-corrected chi connectivity index (χ4v) is 1.58. The maximum atomic E-state index is 12.7. The van der Waals surface area contributed by atoms with Crippen LogP contribution in [0.3, 0.4) is 0 Å². The van der Waals surface area contributed by atoms with E-state index in [-0.39, 0.29) is 23.4 Å². The van der Waals surface area contributed by atoms with Crippen LogP contribution in [0.2, 0.25) is 0 Å². The highest BCUT2D eigenvalue weighted by Crippen LogP contribution is 2.33. The molecule has 0 saturated heterocycles. The van der Waals surface area contributed by atoms with Gasteiger partial charge >= 0.3 is 0 Å². The molecule has 1 aromatic heterocycles. The van der Waals surface area contributed by atoms with Crippen molar-refractivity contribution in [3.8, 4) is 11.8 Å². The van der Waals surface area contributed by atoms with E-state index in [1.165, 1.54) is 13.2 Å². The van der Waals surface area contributed by atoms with Gasteiger partial charge in [0.2, 0.25) is 0 Å². The van der Waals surface area contributed by atoms with Crippen molar-refractivity contribution < 1.29 is 13.5 Å². The summed E-state index contributed by atoms with van der Waals surface area (Å²) in [5, 5.41) is 8.49. The first-order chi connectivity index (χ1) is 7.10. The van der Waals surface area contributed by atoms with Crippen molar-refractivity contribution >= 4 is 15.9 Å². The third kappa shape index (κ3) is 2.63. The van der Waals surface area contributed by atoms with E-state index >= 15 is 0 Å². The molecule has 0 aliphatic carbocycles. The molecule has 0 aromatic carbocycles. The summed E-state index contributed by atoms with van der Waals surface area (Å²) in [6.45, 7) is 0. The molecule has 0 bridgehead atoms. The number of nitriles is 1. The Balaban J connectivity index is 3.34.